The van der Waals surface area contributed by atoms with Crippen molar-refractivity contribution in [3.05, 3.63) is 31.9 Å². The molecule has 1 rings (SSSR count). The van der Waals surface area contributed by atoms with Crippen molar-refractivity contribution in [3.63, 3.8) is 0 Å². The molecule has 0 aromatic carbocycles. The molecule has 11 heavy (non-hydrogen) atoms. The fourth-order valence-corrected chi connectivity index (χ4v) is 1.11. The molecule has 0 aliphatic rings. The summed E-state index contributed by atoms with van der Waals surface area (Å²) in [6.45, 7) is 0. The normalized spacial score (nSPS) is 9.64. The minimum Gasteiger partial charge on any atom is -0.258 e. The van der Waals surface area contributed by atoms with Gasteiger partial charge in [0, 0.05) is 6.07 Å². The van der Waals surface area contributed by atoms with Gasteiger partial charge < -0.3 is 0 Å². The van der Waals surface area contributed by atoms with E-state index in [1.54, 1.807) is 22.6 Å². The van der Waals surface area contributed by atoms with Crippen LogP contribution in [0.5, 0.6) is 0 Å². The first-order valence-electron chi connectivity index (χ1n) is 2.57. The number of halogens is 2. The van der Waals surface area contributed by atoms with Crippen molar-refractivity contribution in [2.75, 3.05) is 0 Å². The van der Waals surface area contributed by atoms with Gasteiger partial charge in [0.2, 0.25) is 5.95 Å². The molecule has 0 aliphatic heterocycles. The molecule has 0 saturated heterocycles. The molecule has 6 heteroatoms. The predicted octanol–water partition coefficient (Wildman–Crippen LogP) is 1.73. The number of rotatable bonds is 1. The van der Waals surface area contributed by atoms with E-state index < -0.39 is 10.9 Å². The Morgan fingerprint density at radius 1 is 1.64 bits per heavy atom. The second-order valence-electron chi connectivity index (χ2n) is 1.73. The van der Waals surface area contributed by atoms with Gasteiger partial charge in [-0.2, -0.15) is 4.39 Å². The predicted molar refractivity (Wildman–Crippen MR) is 43.6 cm³/mol. The number of aromatic nitrogens is 1. The lowest BCUT2D eigenvalue weighted by Crippen LogP contribution is -1.93. The summed E-state index contributed by atoms with van der Waals surface area (Å²) in [5.41, 5.74) is -0.276. The van der Waals surface area contributed by atoms with Gasteiger partial charge in [-0.25, -0.2) is 4.98 Å². The molecule has 4 nitrogen and oxygen atoms in total. The molecule has 0 fully saturated rings. The third kappa shape index (κ3) is 2.07. The molecule has 0 spiro atoms. The van der Waals surface area contributed by atoms with Crippen molar-refractivity contribution in [3.8, 4) is 0 Å². The lowest BCUT2D eigenvalue weighted by Gasteiger charge is -1.91. The van der Waals surface area contributed by atoms with E-state index in [4.69, 9.17) is 0 Å². The monoisotopic (exact) mass is 268 g/mol. The van der Waals surface area contributed by atoms with Crippen LogP contribution in [0.1, 0.15) is 0 Å². The Kier molecular flexibility index (Phi) is 2.32. The van der Waals surface area contributed by atoms with Crippen molar-refractivity contribution in [1.82, 2.24) is 4.98 Å². The molecule has 1 heterocycles. The third-order valence-electron chi connectivity index (χ3n) is 0.958. The van der Waals surface area contributed by atoms with Gasteiger partial charge in [-0.05, 0) is 22.6 Å². The molecule has 0 amide bonds. The van der Waals surface area contributed by atoms with Crippen molar-refractivity contribution >= 4 is 28.3 Å². The second kappa shape index (κ2) is 3.07. The van der Waals surface area contributed by atoms with Gasteiger partial charge in [0.05, 0.1) is 11.0 Å². The molecule has 0 radical (unpaired) electrons. The van der Waals surface area contributed by atoms with Crippen LogP contribution in [-0.4, -0.2) is 9.91 Å². The summed E-state index contributed by atoms with van der Waals surface area (Å²) >= 11 is 1.71. The number of hydrogen-bond donors (Lipinski definition) is 0. The highest BCUT2D eigenvalue weighted by Gasteiger charge is 2.08. The van der Waals surface area contributed by atoms with E-state index in [0.29, 0.717) is 0 Å². The topological polar surface area (TPSA) is 56.0 Å². The lowest BCUT2D eigenvalue weighted by atomic mass is 10.4. The van der Waals surface area contributed by atoms with Crippen LogP contribution in [0.3, 0.4) is 0 Å². The molecule has 0 aliphatic carbocycles. The Morgan fingerprint density at radius 2 is 2.27 bits per heavy atom. The summed E-state index contributed by atoms with van der Waals surface area (Å²) in [5.74, 6) is -0.830. The maximum absolute atomic E-state index is 12.4. The lowest BCUT2D eigenvalue weighted by molar-refractivity contribution is -0.385. The molecule has 0 unspecified atom stereocenters. The van der Waals surface area contributed by atoms with Crippen LogP contribution in [0.15, 0.2) is 12.1 Å². The summed E-state index contributed by atoms with van der Waals surface area (Å²) in [4.78, 5) is 12.8. The average Bonchev–Trinajstić information content (AvgIpc) is 1.85. The Balaban J connectivity index is 3.19. The molecule has 0 N–H and O–H groups in total. The van der Waals surface area contributed by atoms with Crippen molar-refractivity contribution in [2.24, 2.45) is 0 Å². The van der Waals surface area contributed by atoms with E-state index in [-0.39, 0.29) is 9.39 Å². The first-order valence-corrected chi connectivity index (χ1v) is 3.65. The van der Waals surface area contributed by atoms with E-state index in [9.17, 15) is 14.5 Å². The number of nitro groups is 1. The summed E-state index contributed by atoms with van der Waals surface area (Å²) in [6, 6.07) is 1.98. The van der Waals surface area contributed by atoms with Crippen molar-refractivity contribution in [1.29, 1.82) is 0 Å². The smallest absolute Gasteiger partial charge is 0.258 e. The molecular formula is C5H2FIN2O2. The SMILES string of the molecule is O=[N+]([O-])c1cc(F)nc(I)c1. The summed E-state index contributed by atoms with van der Waals surface area (Å²) < 4.78 is 12.6. The quantitative estimate of drug-likeness (QED) is 0.337. The Morgan fingerprint density at radius 3 is 2.73 bits per heavy atom. The van der Waals surface area contributed by atoms with Crippen LogP contribution in [0.4, 0.5) is 10.1 Å². The van der Waals surface area contributed by atoms with Gasteiger partial charge >= 0.3 is 0 Å². The van der Waals surface area contributed by atoms with Crippen LogP contribution in [0, 0.1) is 19.8 Å². The molecule has 1 aromatic rings. The zero-order valence-electron chi connectivity index (χ0n) is 5.12. The minimum absolute atomic E-state index is 0.273. The minimum atomic E-state index is -0.830. The van der Waals surface area contributed by atoms with Crippen LogP contribution < -0.4 is 0 Å². The first-order chi connectivity index (χ1) is 5.09. The van der Waals surface area contributed by atoms with Crippen molar-refractivity contribution in [2.45, 2.75) is 0 Å². The Bertz CT molecular complexity index is 284. The average molecular weight is 268 g/mol. The van der Waals surface area contributed by atoms with Crippen LogP contribution in [0.25, 0.3) is 0 Å². The number of pyridine rings is 1. The highest BCUT2D eigenvalue weighted by atomic mass is 127. The van der Waals surface area contributed by atoms with Gasteiger partial charge in [-0.15, -0.1) is 0 Å². The number of hydrogen-bond acceptors (Lipinski definition) is 3. The van der Waals surface area contributed by atoms with Crippen molar-refractivity contribution < 1.29 is 9.31 Å². The standard InChI is InChI=1S/C5H2FIN2O2/c6-4-1-3(9(10)11)2-5(7)8-4/h1-2H. The largest absolute Gasteiger partial charge is 0.276 e. The van der Waals surface area contributed by atoms with E-state index in [2.05, 4.69) is 4.98 Å². The van der Waals surface area contributed by atoms with Crippen LogP contribution in [-0.2, 0) is 0 Å². The van der Waals surface area contributed by atoms with Gasteiger partial charge in [0.1, 0.15) is 3.70 Å². The molecular weight excluding hydrogens is 266 g/mol. The Hall–Kier alpha value is -0.790. The molecule has 58 valence electrons. The summed E-state index contributed by atoms with van der Waals surface area (Å²) in [6.07, 6.45) is 0. The van der Waals surface area contributed by atoms with E-state index in [1.165, 1.54) is 6.07 Å². The van der Waals surface area contributed by atoms with Gasteiger partial charge in [0.15, 0.2) is 0 Å². The van der Waals surface area contributed by atoms with Gasteiger partial charge in [-0.1, -0.05) is 0 Å². The van der Waals surface area contributed by atoms with E-state index >= 15 is 0 Å². The van der Waals surface area contributed by atoms with E-state index in [1.807, 2.05) is 0 Å². The summed E-state index contributed by atoms with van der Waals surface area (Å²) in [7, 11) is 0. The molecule has 1 aromatic heterocycles. The maximum atomic E-state index is 12.4. The summed E-state index contributed by atoms with van der Waals surface area (Å²) in [5, 5.41) is 10.1. The molecule has 0 atom stereocenters. The van der Waals surface area contributed by atoms with E-state index in [0.717, 1.165) is 6.07 Å². The molecule has 0 saturated carbocycles. The van der Waals surface area contributed by atoms with Gasteiger partial charge in [-0.3, -0.25) is 10.1 Å². The number of nitrogens with zero attached hydrogens (tertiary/aromatic N) is 2. The Labute approximate surface area is 74.7 Å². The highest BCUT2D eigenvalue weighted by molar-refractivity contribution is 14.1. The zero-order valence-corrected chi connectivity index (χ0v) is 7.28. The first kappa shape index (κ1) is 8.31. The maximum Gasteiger partial charge on any atom is 0.276 e. The van der Waals surface area contributed by atoms with Gasteiger partial charge in [0.25, 0.3) is 5.69 Å². The van der Waals surface area contributed by atoms with Crippen LogP contribution >= 0.6 is 22.6 Å². The zero-order chi connectivity index (χ0) is 8.43. The van der Waals surface area contributed by atoms with Crippen LogP contribution in [0.2, 0.25) is 0 Å². The third-order valence-corrected chi connectivity index (χ3v) is 1.51. The highest BCUT2D eigenvalue weighted by Crippen LogP contribution is 2.14. The molecule has 0 bridgehead atoms. The fourth-order valence-electron chi connectivity index (χ4n) is 0.558. The second-order valence-corrected chi connectivity index (χ2v) is 2.83. The fraction of sp³-hybridized carbons (Fsp3) is 0.